The lowest BCUT2D eigenvalue weighted by atomic mass is 10.2. The first-order valence-corrected chi connectivity index (χ1v) is 8.16. The molecule has 0 atom stereocenters. The zero-order valence-electron chi connectivity index (χ0n) is 11.4. The summed E-state index contributed by atoms with van der Waals surface area (Å²) >= 11 is 7.94. The Morgan fingerprint density at radius 3 is 2.56 bits per heavy atom. The number of hydrogen-bond donors (Lipinski definition) is 1. The van der Waals surface area contributed by atoms with Gasteiger partial charge in [0.05, 0.1) is 0 Å². The molecule has 0 aliphatic heterocycles. The first-order valence-electron chi connectivity index (χ1n) is 6.38. The van der Waals surface area contributed by atoms with E-state index in [1.54, 1.807) is 0 Å². The number of unbranched alkanes of at least 4 members (excludes halogenated alkanes) is 3. The normalized spacial score (nSPS) is 10.7. The van der Waals surface area contributed by atoms with E-state index >= 15 is 0 Å². The van der Waals surface area contributed by atoms with Gasteiger partial charge in [-0.15, -0.1) is 0 Å². The Balaban J connectivity index is 2.27. The van der Waals surface area contributed by atoms with Crippen LogP contribution in [0, 0.1) is 13.8 Å². The molecule has 102 valence electrons. The van der Waals surface area contributed by atoms with Crippen molar-refractivity contribution in [1.29, 1.82) is 0 Å². The zero-order chi connectivity index (χ0) is 13.4. The van der Waals surface area contributed by atoms with Crippen LogP contribution in [0.2, 0.25) is 5.15 Å². The summed E-state index contributed by atoms with van der Waals surface area (Å²) in [5, 5.41) is 3.89. The van der Waals surface area contributed by atoms with Crippen molar-refractivity contribution in [3.05, 3.63) is 16.5 Å². The van der Waals surface area contributed by atoms with Gasteiger partial charge in [-0.1, -0.05) is 24.4 Å². The van der Waals surface area contributed by atoms with Crippen molar-refractivity contribution in [2.45, 2.75) is 39.5 Å². The van der Waals surface area contributed by atoms with E-state index in [4.69, 9.17) is 11.6 Å². The fourth-order valence-corrected chi connectivity index (χ4v) is 2.40. The molecule has 0 aromatic carbocycles. The number of anilines is 1. The smallest absolute Gasteiger partial charge is 0.137 e. The SMILES string of the molecule is CSCCCCCCNc1nc(C)nc(Cl)c1C. The molecule has 0 saturated carbocycles. The van der Waals surface area contributed by atoms with Crippen LogP contribution >= 0.6 is 23.4 Å². The minimum Gasteiger partial charge on any atom is -0.370 e. The van der Waals surface area contributed by atoms with E-state index in [1.165, 1.54) is 31.4 Å². The molecule has 18 heavy (non-hydrogen) atoms. The quantitative estimate of drug-likeness (QED) is 0.577. The lowest BCUT2D eigenvalue weighted by Gasteiger charge is -2.10. The van der Waals surface area contributed by atoms with E-state index in [-0.39, 0.29) is 0 Å². The second-order valence-corrected chi connectivity index (χ2v) is 5.71. The Kier molecular flexibility index (Phi) is 7.44. The number of aryl methyl sites for hydroxylation is 1. The maximum atomic E-state index is 6.02. The topological polar surface area (TPSA) is 37.8 Å². The molecule has 1 rings (SSSR count). The third-order valence-corrected chi connectivity index (χ3v) is 3.83. The summed E-state index contributed by atoms with van der Waals surface area (Å²) in [5.74, 6) is 2.86. The van der Waals surface area contributed by atoms with Crippen LogP contribution < -0.4 is 5.32 Å². The maximum Gasteiger partial charge on any atom is 0.137 e. The van der Waals surface area contributed by atoms with Crippen LogP contribution in [0.15, 0.2) is 0 Å². The van der Waals surface area contributed by atoms with Crippen LogP contribution in [0.25, 0.3) is 0 Å². The van der Waals surface area contributed by atoms with Crippen LogP contribution in [-0.2, 0) is 0 Å². The summed E-state index contributed by atoms with van der Waals surface area (Å²) in [6, 6.07) is 0. The van der Waals surface area contributed by atoms with Crippen LogP contribution in [0.1, 0.15) is 37.1 Å². The molecule has 1 N–H and O–H groups in total. The third-order valence-electron chi connectivity index (χ3n) is 2.77. The zero-order valence-corrected chi connectivity index (χ0v) is 13.0. The number of rotatable bonds is 8. The summed E-state index contributed by atoms with van der Waals surface area (Å²) in [7, 11) is 0. The second-order valence-electron chi connectivity index (χ2n) is 4.37. The van der Waals surface area contributed by atoms with E-state index in [9.17, 15) is 0 Å². The molecular weight excluding hydrogens is 266 g/mol. The number of halogens is 1. The summed E-state index contributed by atoms with van der Waals surface area (Å²) in [5.41, 5.74) is 0.935. The Bertz CT molecular complexity index is 371. The van der Waals surface area contributed by atoms with Gasteiger partial charge in [0, 0.05) is 12.1 Å². The summed E-state index contributed by atoms with van der Waals surface area (Å²) in [6.07, 6.45) is 7.23. The van der Waals surface area contributed by atoms with Gasteiger partial charge in [0.2, 0.25) is 0 Å². The molecule has 0 aliphatic rings. The highest BCUT2D eigenvalue weighted by atomic mass is 35.5. The average Bonchev–Trinajstić information content (AvgIpc) is 2.33. The molecule has 1 aromatic heterocycles. The van der Waals surface area contributed by atoms with Gasteiger partial charge in [0.25, 0.3) is 0 Å². The highest BCUT2D eigenvalue weighted by molar-refractivity contribution is 7.98. The Morgan fingerprint density at radius 2 is 1.83 bits per heavy atom. The molecule has 0 saturated heterocycles. The van der Waals surface area contributed by atoms with E-state index in [0.29, 0.717) is 11.0 Å². The molecule has 3 nitrogen and oxygen atoms in total. The highest BCUT2D eigenvalue weighted by Gasteiger charge is 2.06. The van der Waals surface area contributed by atoms with Crippen molar-refractivity contribution in [2.75, 3.05) is 23.9 Å². The predicted octanol–water partition coefficient (Wildman–Crippen LogP) is 4.08. The summed E-state index contributed by atoms with van der Waals surface area (Å²) < 4.78 is 0. The maximum absolute atomic E-state index is 6.02. The van der Waals surface area contributed by atoms with Gasteiger partial charge in [0.1, 0.15) is 16.8 Å². The molecule has 0 radical (unpaired) electrons. The van der Waals surface area contributed by atoms with Gasteiger partial charge in [-0.2, -0.15) is 11.8 Å². The molecule has 1 heterocycles. The van der Waals surface area contributed by atoms with Gasteiger partial charge in [-0.25, -0.2) is 9.97 Å². The molecule has 0 fully saturated rings. The van der Waals surface area contributed by atoms with E-state index in [0.717, 1.165) is 17.9 Å². The van der Waals surface area contributed by atoms with Crippen LogP contribution in [0.4, 0.5) is 5.82 Å². The molecular formula is C13H22ClN3S. The van der Waals surface area contributed by atoms with E-state index in [2.05, 4.69) is 21.5 Å². The molecule has 0 aliphatic carbocycles. The van der Waals surface area contributed by atoms with Gasteiger partial charge >= 0.3 is 0 Å². The molecule has 0 unspecified atom stereocenters. The van der Waals surface area contributed by atoms with Crippen molar-refractivity contribution < 1.29 is 0 Å². The Labute approximate surface area is 119 Å². The molecule has 0 spiro atoms. The van der Waals surface area contributed by atoms with Crippen molar-refractivity contribution in [2.24, 2.45) is 0 Å². The van der Waals surface area contributed by atoms with Gasteiger partial charge in [-0.05, 0) is 38.7 Å². The van der Waals surface area contributed by atoms with Gasteiger partial charge < -0.3 is 5.32 Å². The number of thioether (sulfide) groups is 1. The molecule has 0 amide bonds. The number of aromatic nitrogens is 2. The third kappa shape index (κ3) is 5.44. The largest absolute Gasteiger partial charge is 0.370 e. The first kappa shape index (κ1) is 15.6. The van der Waals surface area contributed by atoms with E-state index < -0.39 is 0 Å². The summed E-state index contributed by atoms with van der Waals surface area (Å²) in [4.78, 5) is 8.49. The van der Waals surface area contributed by atoms with Crippen molar-refractivity contribution in [3.63, 3.8) is 0 Å². The highest BCUT2D eigenvalue weighted by Crippen LogP contribution is 2.19. The predicted molar refractivity (Wildman–Crippen MR) is 81.9 cm³/mol. The van der Waals surface area contributed by atoms with Gasteiger partial charge in [-0.3, -0.25) is 0 Å². The fourth-order valence-electron chi connectivity index (χ4n) is 1.70. The lowest BCUT2D eigenvalue weighted by Crippen LogP contribution is -2.07. The van der Waals surface area contributed by atoms with Gasteiger partial charge in [0.15, 0.2) is 0 Å². The van der Waals surface area contributed by atoms with Crippen molar-refractivity contribution >= 4 is 29.2 Å². The first-order chi connectivity index (χ1) is 8.65. The summed E-state index contributed by atoms with van der Waals surface area (Å²) in [6.45, 7) is 4.76. The molecule has 5 heteroatoms. The van der Waals surface area contributed by atoms with Crippen molar-refractivity contribution in [1.82, 2.24) is 9.97 Å². The standard InChI is InChI=1S/C13H22ClN3S/c1-10-12(14)16-11(2)17-13(10)15-8-6-4-5-7-9-18-3/h4-9H2,1-3H3,(H,15,16,17). The van der Waals surface area contributed by atoms with E-state index in [1.807, 2.05) is 25.6 Å². The Hall–Kier alpha value is -0.480. The van der Waals surface area contributed by atoms with Crippen LogP contribution in [0.3, 0.4) is 0 Å². The van der Waals surface area contributed by atoms with Crippen LogP contribution in [0.5, 0.6) is 0 Å². The van der Waals surface area contributed by atoms with Crippen LogP contribution in [-0.4, -0.2) is 28.5 Å². The molecule has 1 aromatic rings. The lowest BCUT2D eigenvalue weighted by molar-refractivity contribution is 0.688. The minimum atomic E-state index is 0.546. The number of hydrogen-bond acceptors (Lipinski definition) is 4. The monoisotopic (exact) mass is 287 g/mol. The second kappa shape index (κ2) is 8.59. The fraction of sp³-hybridized carbons (Fsp3) is 0.692. The number of nitrogens with one attached hydrogen (secondary N) is 1. The minimum absolute atomic E-state index is 0.546. The van der Waals surface area contributed by atoms with Crippen molar-refractivity contribution in [3.8, 4) is 0 Å². The average molecular weight is 288 g/mol. The molecule has 0 bridgehead atoms. The Morgan fingerprint density at radius 1 is 1.11 bits per heavy atom. The number of nitrogens with zero attached hydrogens (tertiary/aromatic N) is 2.